The second kappa shape index (κ2) is 9.24. The molecule has 168 valence electrons. The van der Waals surface area contributed by atoms with Crippen molar-refractivity contribution in [2.24, 2.45) is 0 Å². The van der Waals surface area contributed by atoms with Crippen LogP contribution in [0.5, 0.6) is 0 Å². The number of anilines is 1. The fourth-order valence-corrected chi connectivity index (χ4v) is 4.89. The summed E-state index contributed by atoms with van der Waals surface area (Å²) in [4.78, 5) is 31.1. The molecule has 1 amide bonds. The molecule has 0 aliphatic heterocycles. The molecule has 4 rings (SSSR count). The number of nitrogens with zero attached hydrogens (tertiary/aromatic N) is 2. The summed E-state index contributed by atoms with van der Waals surface area (Å²) >= 11 is 1.27. The molecule has 0 aliphatic carbocycles. The van der Waals surface area contributed by atoms with E-state index in [1.807, 2.05) is 71.0 Å². The summed E-state index contributed by atoms with van der Waals surface area (Å²) in [5, 5.41) is 4.09. The van der Waals surface area contributed by atoms with Gasteiger partial charge in [0.05, 0.1) is 22.3 Å². The topological polar surface area (TPSA) is 64.0 Å². The third-order valence-corrected chi connectivity index (χ3v) is 6.77. The molecule has 0 unspecified atom stereocenters. The van der Waals surface area contributed by atoms with Crippen molar-refractivity contribution in [3.05, 3.63) is 92.8 Å². The largest absolute Gasteiger partial charge is 0.325 e. The van der Waals surface area contributed by atoms with Gasteiger partial charge in [0.25, 0.3) is 5.56 Å². The zero-order chi connectivity index (χ0) is 23.7. The van der Waals surface area contributed by atoms with Crippen LogP contribution >= 0.6 is 11.8 Å². The van der Waals surface area contributed by atoms with Crippen LogP contribution in [0.3, 0.4) is 0 Å². The Kier molecular flexibility index (Phi) is 6.38. The van der Waals surface area contributed by atoms with Crippen LogP contribution in [0.25, 0.3) is 16.6 Å². The SMILES string of the molecule is Cc1cc(C)c(NC(=O)CSc2nc3ccccc3c(=O)n2-c2cccc(C)c2C)c(C)c1. The second-order valence-electron chi connectivity index (χ2n) is 8.38. The van der Waals surface area contributed by atoms with Gasteiger partial charge in [0, 0.05) is 5.69 Å². The van der Waals surface area contributed by atoms with Gasteiger partial charge in [-0.3, -0.25) is 14.2 Å². The van der Waals surface area contributed by atoms with Gasteiger partial charge in [-0.2, -0.15) is 0 Å². The van der Waals surface area contributed by atoms with Gasteiger partial charge in [-0.25, -0.2) is 4.98 Å². The molecule has 0 radical (unpaired) electrons. The van der Waals surface area contributed by atoms with Crippen molar-refractivity contribution < 1.29 is 4.79 Å². The van der Waals surface area contributed by atoms with E-state index < -0.39 is 0 Å². The summed E-state index contributed by atoms with van der Waals surface area (Å²) < 4.78 is 1.63. The van der Waals surface area contributed by atoms with E-state index >= 15 is 0 Å². The summed E-state index contributed by atoms with van der Waals surface area (Å²) in [5.74, 6) is 0.00699. The Bertz CT molecular complexity index is 1420. The molecule has 5 nitrogen and oxygen atoms in total. The highest BCUT2D eigenvalue weighted by molar-refractivity contribution is 7.99. The molecule has 1 heterocycles. The van der Waals surface area contributed by atoms with Crippen LogP contribution < -0.4 is 10.9 Å². The Hall–Kier alpha value is -3.38. The van der Waals surface area contributed by atoms with E-state index in [0.717, 1.165) is 39.2 Å². The molecule has 1 aromatic heterocycles. The summed E-state index contributed by atoms with van der Waals surface area (Å²) in [7, 11) is 0. The average Bonchev–Trinajstić information content (AvgIpc) is 2.77. The van der Waals surface area contributed by atoms with Crippen LogP contribution in [-0.4, -0.2) is 21.2 Å². The predicted molar refractivity (Wildman–Crippen MR) is 137 cm³/mol. The zero-order valence-electron chi connectivity index (χ0n) is 19.5. The number of amides is 1. The zero-order valence-corrected chi connectivity index (χ0v) is 20.3. The Labute approximate surface area is 197 Å². The second-order valence-corrected chi connectivity index (χ2v) is 9.32. The van der Waals surface area contributed by atoms with E-state index in [4.69, 9.17) is 4.98 Å². The molecule has 4 aromatic rings. The highest BCUT2D eigenvalue weighted by Gasteiger charge is 2.17. The standard InChI is InChI=1S/C27H27N3O2S/c1-16-13-18(3)25(19(4)14-16)29-24(31)15-33-27-28-22-11-7-6-10-21(22)26(32)30(27)23-12-8-9-17(2)20(23)5/h6-14H,15H2,1-5H3,(H,29,31). The number of aromatic nitrogens is 2. The van der Waals surface area contributed by atoms with Crippen LogP contribution in [0, 0.1) is 34.6 Å². The molecular weight excluding hydrogens is 430 g/mol. The molecule has 0 saturated heterocycles. The first-order valence-electron chi connectivity index (χ1n) is 10.8. The van der Waals surface area contributed by atoms with Crippen molar-refractivity contribution >= 4 is 34.3 Å². The van der Waals surface area contributed by atoms with Crippen LogP contribution in [-0.2, 0) is 4.79 Å². The van der Waals surface area contributed by atoms with Crippen LogP contribution in [0.2, 0.25) is 0 Å². The fourth-order valence-electron chi connectivity index (χ4n) is 4.08. The van der Waals surface area contributed by atoms with E-state index in [1.165, 1.54) is 11.8 Å². The number of fused-ring (bicyclic) bond motifs is 1. The van der Waals surface area contributed by atoms with Crippen molar-refractivity contribution in [1.82, 2.24) is 9.55 Å². The third kappa shape index (κ3) is 4.57. The molecule has 3 aromatic carbocycles. The molecule has 0 aliphatic rings. The van der Waals surface area contributed by atoms with E-state index in [0.29, 0.717) is 16.1 Å². The number of carbonyl (C=O) groups is 1. The van der Waals surface area contributed by atoms with Crippen LogP contribution in [0.15, 0.2) is 64.5 Å². The number of aryl methyl sites for hydroxylation is 4. The fraction of sp³-hybridized carbons (Fsp3) is 0.222. The average molecular weight is 458 g/mol. The molecule has 33 heavy (non-hydrogen) atoms. The van der Waals surface area contributed by atoms with Gasteiger partial charge in [0.1, 0.15) is 0 Å². The van der Waals surface area contributed by atoms with Crippen molar-refractivity contribution in [3.8, 4) is 5.69 Å². The molecular formula is C27H27N3O2S. The molecule has 6 heteroatoms. The van der Waals surface area contributed by atoms with Crippen molar-refractivity contribution in [3.63, 3.8) is 0 Å². The predicted octanol–water partition coefficient (Wildman–Crippen LogP) is 5.66. The number of benzene rings is 3. The molecule has 0 fully saturated rings. The first-order valence-corrected chi connectivity index (χ1v) is 11.8. The number of carbonyl (C=O) groups excluding carboxylic acids is 1. The van der Waals surface area contributed by atoms with E-state index in [2.05, 4.69) is 17.4 Å². The van der Waals surface area contributed by atoms with Crippen LogP contribution in [0.4, 0.5) is 5.69 Å². The van der Waals surface area contributed by atoms with Crippen molar-refractivity contribution in [1.29, 1.82) is 0 Å². The lowest BCUT2D eigenvalue weighted by molar-refractivity contribution is -0.113. The maximum Gasteiger partial charge on any atom is 0.266 e. The number of hydrogen-bond acceptors (Lipinski definition) is 4. The van der Waals surface area contributed by atoms with Gasteiger partial charge in [-0.05, 0) is 75.1 Å². The molecule has 1 N–H and O–H groups in total. The third-order valence-electron chi connectivity index (χ3n) is 5.84. The first kappa shape index (κ1) is 22.8. The van der Waals surface area contributed by atoms with Gasteiger partial charge in [0.2, 0.25) is 5.91 Å². The number of thioether (sulfide) groups is 1. The lowest BCUT2D eigenvalue weighted by Crippen LogP contribution is -2.24. The molecule has 0 spiro atoms. The first-order chi connectivity index (χ1) is 15.8. The van der Waals surface area contributed by atoms with Crippen molar-refractivity contribution in [2.45, 2.75) is 39.8 Å². The van der Waals surface area contributed by atoms with E-state index in [1.54, 1.807) is 10.6 Å². The van der Waals surface area contributed by atoms with Crippen LogP contribution in [0.1, 0.15) is 27.8 Å². The lowest BCUT2D eigenvalue weighted by atomic mass is 10.1. The monoisotopic (exact) mass is 457 g/mol. The van der Waals surface area contributed by atoms with Gasteiger partial charge >= 0.3 is 0 Å². The Morgan fingerprint density at radius 1 is 0.939 bits per heavy atom. The van der Waals surface area contributed by atoms with Gasteiger partial charge in [0.15, 0.2) is 5.16 Å². The highest BCUT2D eigenvalue weighted by atomic mass is 32.2. The number of nitrogens with one attached hydrogen (secondary N) is 1. The van der Waals surface area contributed by atoms with E-state index in [9.17, 15) is 9.59 Å². The Morgan fingerprint density at radius 3 is 2.36 bits per heavy atom. The van der Waals surface area contributed by atoms with Gasteiger partial charge in [-0.15, -0.1) is 0 Å². The normalized spacial score (nSPS) is 11.1. The molecule has 0 bridgehead atoms. The smallest absolute Gasteiger partial charge is 0.266 e. The quantitative estimate of drug-likeness (QED) is 0.310. The summed E-state index contributed by atoms with van der Waals surface area (Å²) in [5.41, 5.74) is 7.43. The Morgan fingerprint density at radius 2 is 1.64 bits per heavy atom. The summed E-state index contributed by atoms with van der Waals surface area (Å²) in [6, 6.07) is 17.3. The summed E-state index contributed by atoms with van der Waals surface area (Å²) in [6.07, 6.45) is 0. The number of hydrogen-bond donors (Lipinski definition) is 1. The molecule has 0 atom stereocenters. The van der Waals surface area contributed by atoms with E-state index in [-0.39, 0.29) is 17.2 Å². The minimum atomic E-state index is -0.137. The number of rotatable bonds is 5. The molecule has 0 saturated carbocycles. The maximum atomic E-state index is 13.5. The minimum Gasteiger partial charge on any atom is -0.325 e. The maximum absolute atomic E-state index is 13.5. The van der Waals surface area contributed by atoms with Gasteiger partial charge < -0.3 is 5.32 Å². The minimum absolute atomic E-state index is 0.134. The summed E-state index contributed by atoms with van der Waals surface area (Å²) in [6.45, 7) is 10.0. The van der Waals surface area contributed by atoms with Crippen molar-refractivity contribution in [2.75, 3.05) is 11.1 Å². The van der Waals surface area contributed by atoms with Gasteiger partial charge in [-0.1, -0.05) is 53.7 Å². The lowest BCUT2D eigenvalue weighted by Gasteiger charge is -2.17. The number of para-hydroxylation sites is 1. The Balaban J connectivity index is 1.71. The highest BCUT2D eigenvalue weighted by Crippen LogP contribution is 2.26.